The summed E-state index contributed by atoms with van der Waals surface area (Å²) in [6, 6.07) is 3.03. The molecule has 1 saturated heterocycles. The van der Waals surface area contributed by atoms with Gasteiger partial charge in [-0.3, -0.25) is 9.59 Å². The van der Waals surface area contributed by atoms with Gasteiger partial charge in [0.1, 0.15) is 16.8 Å². The Morgan fingerprint density at radius 3 is 2.65 bits per heavy atom. The molecule has 166 valence electrons. The van der Waals surface area contributed by atoms with Crippen molar-refractivity contribution >= 4 is 28.3 Å². The minimum absolute atomic E-state index is 0.0392. The molecule has 1 aliphatic carbocycles. The van der Waals surface area contributed by atoms with Gasteiger partial charge in [0.15, 0.2) is 16.6 Å². The molecule has 1 aliphatic heterocycles. The van der Waals surface area contributed by atoms with Crippen molar-refractivity contribution in [3.8, 4) is 11.5 Å². The maximum atomic E-state index is 13.4. The Bertz CT molecular complexity index is 977. The van der Waals surface area contributed by atoms with Crippen LogP contribution in [0.5, 0.6) is 11.5 Å². The molecule has 31 heavy (non-hydrogen) atoms. The van der Waals surface area contributed by atoms with Crippen molar-refractivity contribution in [3.05, 3.63) is 35.1 Å². The van der Waals surface area contributed by atoms with E-state index in [1.54, 1.807) is 0 Å². The average molecular weight is 456 g/mol. The normalized spacial score (nSPS) is 20.7. The molecular formula is C19H19F3N4O4S. The molecule has 3 N–H and O–H groups in total. The summed E-state index contributed by atoms with van der Waals surface area (Å²) < 4.78 is 48.3. The summed E-state index contributed by atoms with van der Waals surface area (Å²) in [7, 11) is 0. The number of primary amides is 1. The van der Waals surface area contributed by atoms with Crippen molar-refractivity contribution in [1.29, 1.82) is 0 Å². The molecule has 12 heteroatoms. The lowest BCUT2D eigenvalue weighted by molar-refractivity contribution is -0.131. The van der Waals surface area contributed by atoms with E-state index in [-0.39, 0.29) is 29.4 Å². The van der Waals surface area contributed by atoms with E-state index in [2.05, 4.69) is 15.0 Å². The van der Waals surface area contributed by atoms with Crippen LogP contribution in [-0.4, -0.2) is 48.6 Å². The van der Waals surface area contributed by atoms with Gasteiger partial charge in [0.2, 0.25) is 5.91 Å². The standard InChI is InChI=1S/C19H19F3N4O4S/c20-10-1-2-13(30-18(21)22)14(5-10)29-12-3-9(4-12)17(28)25-11-7-26(8-11)19-24-6-15(31-19)16(23)27/h1-2,5-6,9,11-12,18H,3-4,7-8H2,(H2,23,27)(H,25,28)/t9-,12-. The summed E-state index contributed by atoms with van der Waals surface area (Å²) in [5.74, 6) is -1.92. The van der Waals surface area contributed by atoms with Crippen LogP contribution in [-0.2, 0) is 4.79 Å². The van der Waals surface area contributed by atoms with E-state index in [0.717, 1.165) is 18.2 Å². The second-order valence-corrected chi connectivity index (χ2v) is 8.37. The van der Waals surface area contributed by atoms with Crippen molar-refractivity contribution in [3.63, 3.8) is 0 Å². The van der Waals surface area contributed by atoms with Crippen molar-refractivity contribution in [2.75, 3.05) is 18.0 Å². The molecule has 0 atom stereocenters. The monoisotopic (exact) mass is 456 g/mol. The van der Waals surface area contributed by atoms with Crippen LogP contribution in [0.4, 0.5) is 18.3 Å². The van der Waals surface area contributed by atoms with Crippen molar-refractivity contribution in [2.45, 2.75) is 31.6 Å². The van der Waals surface area contributed by atoms with Gasteiger partial charge < -0.3 is 25.4 Å². The molecular weight excluding hydrogens is 437 g/mol. The van der Waals surface area contributed by atoms with Crippen LogP contribution >= 0.6 is 11.3 Å². The predicted octanol–water partition coefficient (Wildman–Crippen LogP) is 2.14. The molecule has 2 heterocycles. The first-order chi connectivity index (χ1) is 14.8. The molecule has 2 fully saturated rings. The van der Waals surface area contributed by atoms with Gasteiger partial charge >= 0.3 is 6.61 Å². The van der Waals surface area contributed by atoms with E-state index < -0.39 is 24.4 Å². The Hall–Kier alpha value is -3.02. The summed E-state index contributed by atoms with van der Waals surface area (Å²) >= 11 is 1.20. The molecule has 2 aliphatic rings. The number of thiazole rings is 1. The van der Waals surface area contributed by atoms with Crippen LogP contribution in [0, 0.1) is 11.7 Å². The number of carbonyl (C=O) groups excluding carboxylic acids is 2. The number of aromatic nitrogens is 1. The Morgan fingerprint density at radius 2 is 2.00 bits per heavy atom. The van der Waals surface area contributed by atoms with Crippen LogP contribution in [0.15, 0.2) is 24.4 Å². The Labute approximate surface area is 179 Å². The highest BCUT2D eigenvalue weighted by Gasteiger charge is 2.39. The maximum absolute atomic E-state index is 13.4. The molecule has 0 bridgehead atoms. The number of hydrogen-bond donors (Lipinski definition) is 2. The second kappa shape index (κ2) is 8.61. The van der Waals surface area contributed by atoms with Gasteiger partial charge in [-0.25, -0.2) is 9.37 Å². The third kappa shape index (κ3) is 4.84. The topological polar surface area (TPSA) is 107 Å². The molecule has 2 amide bonds. The first kappa shape index (κ1) is 21.2. The number of nitrogens with one attached hydrogen (secondary N) is 1. The quantitative estimate of drug-likeness (QED) is 0.631. The first-order valence-electron chi connectivity index (χ1n) is 9.50. The lowest BCUT2D eigenvalue weighted by Gasteiger charge is -2.41. The van der Waals surface area contributed by atoms with E-state index in [1.807, 2.05) is 4.90 Å². The van der Waals surface area contributed by atoms with E-state index in [1.165, 1.54) is 17.5 Å². The number of benzene rings is 1. The van der Waals surface area contributed by atoms with Crippen molar-refractivity contribution < 1.29 is 32.2 Å². The van der Waals surface area contributed by atoms with E-state index in [9.17, 15) is 22.8 Å². The number of nitrogens with zero attached hydrogens (tertiary/aromatic N) is 2. The highest BCUT2D eigenvalue weighted by molar-refractivity contribution is 7.17. The zero-order valence-electron chi connectivity index (χ0n) is 16.1. The number of carbonyl (C=O) groups is 2. The fourth-order valence-corrected chi connectivity index (χ4v) is 4.18. The third-order valence-electron chi connectivity index (χ3n) is 5.12. The van der Waals surface area contributed by atoms with Gasteiger partial charge in [0, 0.05) is 25.1 Å². The van der Waals surface area contributed by atoms with Crippen LogP contribution in [0.25, 0.3) is 0 Å². The van der Waals surface area contributed by atoms with Crippen molar-refractivity contribution in [1.82, 2.24) is 10.3 Å². The molecule has 1 aromatic heterocycles. The molecule has 4 rings (SSSR count). The van der Waals surface area contributed by atoms with Crippen LogP contribution < -0.4 is 25.4 Å². The summed E-state index contributed by atoms with van der Waals surface area (Å²) in [6.07, 6.45) is 1.82. The fourth-order valence-electron chi connectivity index (χ4n) is 3.39. The van der Waals surface area contributed by atoms with Gasteiger partial charge in [-0.15, -0.1) is 0 Å². The summed E-state index contributed by atoms with van der Waals surface area (Å²) in [5, 5.41) is 3.62. The largest absolute Gasteiger partial charge is 0.486 e. The minimum atomic E-state index is -3.05. The summed E-state index contributed by atoms with van der Waals surface area (Å²) in [5.41, 5.74) is 5.22. The highest BCUT2D eigenvalue weighted by atomic mass is 32.1. The van der Waals surface area contributed by atoms with Gasteiger partial charge in [-0.05, 0) is 25.0 Å². The number of nitrogens with two attached hydrogens (primary N) is 1. The zero-order valence-corrected chi connectivity index (χ0v) is 16.9. The summed E-state index contributed by atoms with van der Waals surface area (Å²) in [6.45, 7) is -1.91. The number of amides is 2. The molecule has 1 aromatic carbocycles. The Morgan fingerprint density at radius 1 is 1.26 bits per heavy atom. The van der Waals surface area contributed by atoms with Gasteiger partial charge in [0.05, 0.1) is 12.2 Å². The van der Waals surface area contributed by atoms with Crippen LogP contribution in [0.2, 0.25) is 0 Å². The highest BCUT2D eigenvalue weighted by Crippen LogP contribution is 2.37. The van der Waals surface area contributed by atoms with Crippen LogP contribution in [0.1, 0.15) is 22.5 Å². The molecule has 8 nitrogen and oxygen atoms in total. The summed E-state index contributed by atoms with van der Waals surface area (Å²) in [4.78, 5) is 30.0. The van der Waals surface area contributed by atoms with Crippen LogP contribution in [0.3, 0.4) is 0 Å². The first-order valence-corrected chi connectivity index (χ1v) is 10.3. The molecule has 0 unspecified atom stereocenters. The lowest BCUT2D eigenvalue weighted by atomic mass is 9.81. The second-order valence-electron chi connectivity index (χ2n) is 7.36. The Kier molecular flexibility index (Phi) is 5.90. The van der Waals surface area contributed by atoms with Crippen molar-refractivity contribution in [2.24, 2.45) is 11.7 Å². The van der Waals surface area contributed by atoms with Gasteiger partial charge in [0.25, 0.3) is 5.91 Å². The number of halogens is 3. The number of hydrogen-bond acceptors (Lipinski definition) is 7. The molecule has 2 aromatic rings. The fraction of sp³-hybridized carbons (Fsp3) is 0.421. The molecule has 0 radical (unpaired) electrons. The number of alkyl halides is 2. The van der Waals surface area contributed by atoms with Gasteiger partial charge in [-0.2, -0.15) is 8.78 Å². The molecule has 0 spiro atoms. The maximum Gasteiger partial charge on any atom is 0.387 e. The average Bonchev–Trinajstić information content (AvgIpc) is 3.11. The predicted molar refractivity (Wildman–Crippen MR) is 105 cm³/mol. The number of anilines is 1. The Balaban J connectivity index is 1.22. The van der Waals surface area contributed by atoms with E-state index in [4.69, 9.17) is 10.5 Å². The third-order valence-corrected chi connectivity index (χ3v) is 6.19. The minimum Gasteiger partial charge on any atom is -0.486 e. The number of ether oxygens (including phenoxy) is 2. The zero-order chi connectivity index (χ0) is 22.1. The van der Waals surface area contributed by atoms with E-state index >= 15 is 0 Å². The molecule has 1 saturated carbocycles. The number of rotatable bonds is 8. The smallest absolute Gasteiger partial charge is 0.387 e. The van der Waals surface area contributed by atoms with Gasteiger partial charge in [-0.1, -0.05) is 11.3 Å². The SMILES string of the molecule is NC(=O)c1cnc(N2CC(NC(=O)[C@H]3C[C@H](Oc4cc(F)ccc4OC(F)F)C3)C2)s1. The van der Waals surface area contributed by atoms with E-state index in [0.29, 0.717) is 35.9 Å². The lowest BCUT2D eigenvalue weighted by Crippen LogP contribution is -2.61.